The lowest BCUT2D eigenvalue weighted by Gasteiger charge is -2.32. The van der Waals surface area contributed by atoms with Gasteiger partial charge in [0.05, 0.1) is 11.7 Å². The molecule has 0 unspecified atom stereocenters. The maximum atomic E-state index is 12.7. The SMILES string of the molecule is Cc1ccc(C(=O)NC2CCN(C(=O)Cn3ncc(=O)c4ccccc43)CC2)o1. The second-order valence-corrected chi connectivity index (χ2v) is 7.22. The lowest BCUT2D eigenvalue weighted by atomic mass is 10.0. The van der Waals surface area contributed by atoms with E-state index in [4.69, 9.17) is 4.42 Å². The van der Waals surface area contributed by atoms with Gasteiger partial charge >= 0.3 is 0 Å². The Labute approximate surface area is 167 Å². The minimum atomic E-state index is -0.230. The largest absolute Gasteiger partial charge is 0.456 e. The molecule has 29 heavy (non-hydrogen) atoms. The zero-order valence-corrected chi connectivity index (χ0v) is 16.1. The summed E-state index contributed by atoms with van der Waals surface area (Å²) in [4.78, 5) is 38.7. The summed E-state index contributed by atoms with van der Waals surface area (Å²) in [7, 11) is 0. The average Bonchev–Trinajstić information content (AvgIpc) is 3.17. The molecule has 1 aliphatic rings. The Morgan fingerprint density at radius 3 is 2.66 bits per heavy atom. The fourth-order valence-electron chi connectivity index (χ4n) is 3.60. The molecule has 4 rings (SSSR count). The van der Waals surface area contributed by atoms with E-state index < -0.39 is 0 Å². The van der Waals surface area contributed by atoms with Gasteiger partial charge in [-0.15, -0.1) is 0 Å². The Bertz CT molecular complexity index is 1110. The first-order chi connectivity index (χ1) is 14.0. The van der Waals surface area contributed by atoms with Crippen molar-refractivity contribution in [3.63, 3.8) is 0 Å². The number of hydrogen-bond donors (Lipinski definition) is 1. The number of aryl methyl sites for hydroxylation is 1. The molecule has 3 aromatic rings. The van der Waals surface area contributed by atoms with Gasteiger partial charge < -0.3 is 14.6 Å². The van der Waals surface area contributed by atoms with Gasteiger partial charge in [0.1, 0.15) is 12.3 Å². The van der Waals surface area contributed by atoms with Gasteiger partial charge in [-0.25, -0.2) is 0 Å². The van der Waals surface area contributed by atoms with Crippen LogP contribution < -0.4 is 10.7 Å². The number of likely N-dealkylation sites (tertiary alicyclic amines) is 1. The van der Waals surface area contributed by atoms with Crippen LogP contribution in [0, 0.1) is 6.92 Å². The highest BCUT2D eigenvalue weighted by molar-refractivity contribution is 5.91. The first kappa shape index (κ1) is 18.9. The zero-order valence-electron chi connectivity index (χ0n) is 16.1. The summed E-state index contributed by atoms with van der Waals surface area (Å²) in [5.41, 5.74) is 0.483. The number of piperidine rings is 1. The summed E-state index contributed by atoms with van der Waals surface area (Å²) in [6.07, 6.45) is 2.60. The molecule has 0 bridgehead atoms. The Morgan fingerprint density at radius 2 is 1.93 bits per heavy atom. The average molecular weight is 394 g/mol. The highest BCUT2D eigenvalue weighted by Crippen LogP contribution is 2.14. The Hall–Kier alpha value is -3.42. The number of para-hydroxylation sites is 1. The predicted octanol–water partition coefficient (Wildman–Crippen LogP) is 1.72. The Morgan fingerprint density at radius 1 is 1.17 bits per heavy atom. The number of carbonyl (C=O) groups is 2. The molecule has 2 amide bonds. The van der Waals surface area contributed by atoms with Crippen molar-refractivity contribution in [2.45, 2.75) is 32.4 Å². The molecule has 1 fully saturated rings. The number of furan rings is 1. The molecule has 0 radical (unpaired) electrons. The second-order valence-electron chi connectivity index (χ2n) is 7.22. The molecule has 1 aliphatic heterocycles. The third-order valence-corrected chi connectivity index (χ3v) is 5.19. The molecule has 0 aliphatic carbocycles. The number of hydrogen-bond acceptors (Lipinski definition) is 5. The van der Waals surface area contributed by atoms with Crippen molar-refractivity contribution in [3.05, 3.63) is 64.3 Å². The van der Waals surface area contributed by atoms with E-state index in [0.717, 1.165) is 0 Å². The van der Waals surface area contributed by atoms with Gasteiger partial charge in [-0.3, -0.25) is 19.1 Å². The van der Waals surface area contributed by atoms with Crippen molar-refractivity contribution in [2.75, 3.05) is 13.1 Å². The van der Waals surface area contributed by atoms with Gasteiger partial charge in [0, 0.05) is 24.5 Å². The normalized spacial score (nSPS) is 14.9. The van der Waals surface area contributed by atoms with E-state index in [9.17, 15) is 14.4 Å². The highest BCUT2D eigenvalue weighted by atomic mass is 16.3. The maximum absolute atomic E-state index is 12.7. The van der Waals surface area contributed by atoms with E-state index >= 15 is 0 Å². The van der Waals surface area contributed by atoms with E-state index in [1.54, 1.807) is 46.8 Å². The first-order valence-corrected chi connectivity index (χ1v) is 9.61. The number of carbonyl (C=O) groups excluding carboxylic acids is 2. The van der Waals surface area contributed by atoms with Crippen LogP contribution in [0.4, 0.5) is 0 Å². The summed E-state index contributed by atoms with van der Waals surface area (Å²) in [6, 6.07) is 10.5. The van der Waals surface area contributed by atoms with Gasteiger partial charge in [0.25, 0.3) is 5.91 Å². The number of benzene rings is 1. The van der Waals surface area contributed by atoms with Crippen LogP contribution >= 0.6 is 0 Å². The van der Waals surface area contributed by atoms with Gasteiger partial charge in [-0.2, -0.15) is 5.10 Å². The molecule has 0 spiro atoms. The quantitative estimate of drug-likeness (QED) is 0.727. The Kier molecular flexibility index (Phi) is 5.16. The van der Waals surface area contributed by atoms with Gasteiger partial charge in [-0.1, -0.05) is 12.1 Å². The van der Waals surface area contributed by atoms with E-state index in [-0.39, 0.29) is 29.8 Å². The topological polar surface area (TPSA) is 97.4 Å². The molecule has 1 saturated heterocycles. The molecule has 8 nitrogen and oxygen atoms in total. The van der Waals surface area contributed by atoms with Crippen molar-refractivity contribution in [1.82, 2.24) is 20.0 Å². The van der Waals surface area contributed by atoms with Gasteiger partial charge in [0.2, 0.25) is 11.3 Å². The van der Waals surface area contributed by atoms with Crippen LogP contribution in [0.3, 0.4) is 0 Å². The lowest BCUT2D eigenvalue weighted by Crippen LogP contribution is -2.47. The van der Waals surface area contributed by atoms with Gasteiger partial charge in [-0.05, 0) is 44.0 Å². The van der Waals surface area contributed by atoms with Crippen LogP contribution in [0.5, 0.6) is 0 Å². The van der Waals surface area contributed by atoms with Crippen molar-refractivity contribution < 1.29 is 14.0 Å². The molecule has 1 N–H and O–H groups in total. The van der Waals surface area contributed by atoms with Crippen LogP contribution in [0.1, 0.15) is 29.2 Å². The molecule has 0 saturated carbocycles. The fraction of sp³-hybridized carbons (Fsp3) is 0.333. The van der Waals surface area contributed by atoms with Crippen LogP contribution in [0.15, 0.2) is 51.8 Å². The van der Waals surface area contributed by atoms with Crippen molar-refractivity contribution >= 4 is 22.7 Å². The minimum absolute atomic E-state index is 0.00307. The summed E-state index contributed by atoms with van der Waals surface area (Å²) in [5.74, 6) is 0.709. The summed E-state index contributed by atoms with van der Waals surface area (Å²) < 4.78 is 6.91. The molecule has 150 valence electrons. The van der Waals surface area contributed by atoms with E-state index in [2.05, 4.69) is 10.4 Å². The van der Waals surface area contributed by atoms with E-state index in [1.807, 2.05) is 6.07 Å². The van der Waals surface area contributed by atoms with Crippen LogP contribution in [0.25, 0.3) is 10.9 Å². The summed E-state index contributed by atoms with van der Waals surface area (Å²) >= 11 is 0. The van der Waals surface area contributed by atoms with Crippen molar-refractivity contribution in [2.24, 2.45) is 0 Å². The molecule has 1 aromatic carbocycles. The van der Waals surface area contributed by atoms with E-state index in [0.29, 0.717) is 48.4 Å². The molecule has 3 heterocycles. The summed E-state index contributed by atoms with van der Waals surface area (Å²) in [6.45, 7) is 2.98. The highest BCUT2D eigenvalue weighted by Gasteiger charge is 2.25. The predicted molar refractivity (Wildman–Crippen MR) is 107 cm³/mol. The number of amides is 2. The lowest BCUT2D eigenvalue weighted by molar-refractivity contribution is -0.133. The van der Waals surface area contributed by atoms with Crippen molar-refractivity contribution in [3.8, 4) is 0 Å². The monoisotopic (exact) mass is 394 g/mol. The maximum Gasteiger partial charge on any atom is 0.287 e. The molecular weight excluding hydrogens is 372 g/mol. The molecule has 2 aromatic heterocycles. The number of rotatable bonds is 4. The standard InChI is InChI=1S/C21H22N4O4/c1-14-6-7-19(29-14)21(28)23-15-8-10-24(11-9-15)20(27)13-25-17-5-3-2-4-16(17)18(26)12-22-25/h2-7,12,15H,8-11,13H2,1H3,(H,23,28). The number of fused-ring (bicyclic) bond motifs is 1. The smallest absolute Gasteiger partial charge is 0.287 e. The third kappa shape index (κ3) is 4.06. The molecule has 8 heteroatoms. The van der Waals surface area contributed by atoms with Crippen molar-refractivity contribution in [1.29, 1.82) is 0 Å². The fourth-order valence-corrected chi connectivity index (χ4v) is 3.60. The Balaban J connectivity index is 1.36. The van der Waals surface area contributed by atoms with Crippen LogP contribution in [-0.2, 0) is 11.3 Å². The first-order valence-electron chi connectivity index (χ1n) is 9.61. The minimum Gasteiger partial charge on any atom is -0.456 e. The molecular formula is C21H22N4O4. The van der Waals surface area contributed by atoms with Crippen LogP contribution in [-0.4, -0.2) is 45.6 Å². The number of aromatic nitrogens is 2. The molecule has 0 atom stereocenters. The van der Waals surface area contributed by atoms with Crippen LogP contribution in [0.2, 0.25) is 0 Å². The second kappa shape index (κ2) is 7.90. The zero-order chi connectivity index (χ0) is 20.4. The number of nitrogens with one attached hydrogen (secondary N) is 1. The third-order valence-electron chi connectivity index (χ3n) is 5.19. The summed E-state index contributed by atoms with van der Waals surface area (Å²) in [5, 5.41) is 7.63. The number of nitrogens with zero attached hydrogens (tertiary/aromatic N) is 3. The van der Waals surface area contributed by atoms with E-state index in [1.165, 1.54) is 6.20 Å². The van der Waals surface area contributed by atoms with Gasteiger partial charge in [0.15, 0.2) is 5.76 Å².